The molecule has 2 heterocycles. The lowest BCUT2D eigenvalue weighted by molar-refractivity contribution is -0.384. The lowest BCUT2D eigenvalue weighted by Gasteiger charge is -2.39. The summed E-state index contributed by atoms with van der Waals surface area (Å²) in [5.74, 6) is 0.575. The van der Waals surface area contributed by atoms with Crippen molar-refractivity contribution in [2.45, 2.75) is 39.2 Å². The van der Waals surface area contributed by atoms with Gasteiger partial charge in [-0.25, -0.2) is 4.79 Å². The molecule has 31 heavy (non-hydrogen) atoms. The Labute approximate surface area is 191 Å². The summed E-state index contributed by atoms with van der Waals surface area (Å²) in [6.45, 7) is 10.6. The maximum Gasteiger partial charge on any atom is 0.320 e. The maximum absolute atomic E-state index is 12.7. The number of ether oxygens (including phenoxy) is 1. The van der Waals surface area contributed by atoms with E-state index in [1.54, 1.807) is 12.1 Å². The third-order valence-corrected chi connectivity index (χ3v) is 6.34. The van der Waals surface area contributed by atoms with Crippen molar-refractivity contribution >= 4 is 24.1 Å². The number of hydrogen-bond acceptors (Lipinski definition) is 5. The Bertz CT molecular complexity index is 721. The van der Waals surface area contributed by atoms with Crippen molar-refractivity contribution in [2.75, 3.05) is 52.5 Å². The highest BCUT2D eigenvalue weighted by molar-refractivity contribution is 5.85. The normalized spacial score (nSPS) is 18.5. The number of likely N-dealkylation sites (tertiary alicyclic amines) is 1. The van der Waals surface area contributed by atoms with E-state index in [9.17, 15) is 14.9 Å². The van der Waals surface area contributed by atoms with Crippen molar-refractivity contribution in [3.05, 3.63) is 39.9 Å². The van der Waals surface area contributed by atoms with E-state index in [0.29, 0.717) is 38.3 Å². The number of hydrogen-bond donors (Lipinski definition) is 0. The van der Waals surface area contributed by atoms with Crippen molar-refractivity contribution in [1.29, 1.82) is 0 Å². The summed E-state index contributed by atoms with van der Waals surface area (Å²) in [7, 11) is 0. The summed E-state index contributed by atoms with van der Waals surface area (Å²) in [6, 6.07) is 7.41. The summed E-state index contributed by atoms with van der Waals surface area (Å²) in [5.41, 5.74) is 1.15. The molecular formula is C22H35ClN4O4. The first kappa shape index (κ1) is 25.4. The highest BCUT2D eigenvalue weighted by Gasteiger charge is 2.28. The van der Waals surface area contributed by atoms with Gasteiger partial charge in [-0.1, -0.05) is 19.1 Å². The van der Waals surface area contributed by atoms with Crippen LogP contribution in [0, 0.1) is 16.0 Å². The molecule has 0 aliphatic carbocycles. The van der Waals surface area contributed by atoms with Crippen molar-refractivity contribution < 1.29 is 14.5 Å². The molecule has 0 saturated carbocycles. The van der Waals surface area contributed by atoms with Crippen LogP contribution in [0.1, 0.15) is 32.3 Å². The minimum absolute atomic E-state index is 0. The first-order chi connectivity index (χ1) is 14.5. The van der Waals surface area contributed by atoms with Crippen LogP contribution >= 0.6 is 12.4 Å². The predicted octanol–water partition coefficient (Wildman–Crippen LogP) is 3.43. The highest BCUT2D eigenvalue weighted by Crippen LogP contribution is 2.22. The Balaban J connectivity index is 0.00000341. The second kappa shape index (κ2) is 12.2. The molecule has 0 unspecified atom stereocenters. The monoisotopic (exact) mass is 454 g/mol. The van der Waals surface area contributed by atoms with E-state index in [4.69, 9.17) is 4.74 Å². The molecule has 2 amide bonds. The van der Waals surface area contributed by atoms with Gasteiger partial charge in [-0.15, -0.1) is 12.4 Å². The van der Waals surface area contributed by atoms with Crippen LogP contribution in [0.3, 0.4) is 0 Å². The lowest BCUT2D eigenvalue weighted by Crippen LogP contribution is -2.51. The molecule has 2 fully saturated rings. The maximum atomic E-state index is 12.7. The number of piperidine rings is 1. The second-order valence-corrected chi connectivity index (χ2v) is 8.38. The van der Waals surface area contributed by atoms with Crippen LogP contribution in [0.2, 0.25) is 0 Å². The van der Waals surface area contributed by atoms with E-state index in [0.717, 1.165) is 51.0 Å². The highest BCUT2D eigenvalue weighted by atomic mass is 35.5. The van der Waals surface area contributed by atoms with E-state index in [1.807, 2.05) is 15.9 Å². The number of halogens is 1. The fourth-order valence-electron chi connectivity index (χ4n) is 4.48. The third-order valence-electron chi connectivity index (χ3n) is 6.34. The van der Waals surface area contributed by atoms with E-state index in [1.165, 1.54) is 6.07 Å². The largest absolute Gasteiger partial charge is 0.378 e. The fraction of sp³-hybridized carbons (Fsp3) is 0.682. The average molecular weight is 455 g/mol. The molecule has 2 aliphatic rings. The average Bonchev–Trinajstić information content (AvgIpc) is 2.78. The number of rotatable bonds is 7. The van der Waals surface area contributed by atoms with Crippen LogP contribution in [0.25, 0.3) is 0 Å². The number of nitrogens with zero attached hydrogens (tertiary/aromatic N) is 4. The number of nitro groups is 1. The zero-order valence-corrected chi connectivity index (χ0v) is 19.4. The van der Waals surface area contributed by atoms with Crippen LogP contribution in [-0.2, 0) is 11.2 Å². The molecule has 1 atom stereocenters. The molecule has 0 bridgehead atoms. The molecule has 3 rings (SSSR count). The SMILES string of the molecule is CCN(CC1CCN(C(=O)N2CCOCC2)CC1)[C@@H](C)Cc1cccc([N+](=O)[O-])c1.Cl. The van der Waals surface area contributed by atoms with E-state index < -0.39 is 0 Å². The Hall–Kier alpha value is -1.90. The summed E-state index contributed by atoms with van der Waals surface area (Å²) >= 11 is 0. The Morgan fingerprint density at radius 2 is 1.87 bits per heavy atom. The molecule has 8 nitrogen and oxygen atoms in total. The summed E-state index contributed by atoms with van der Waals surface area (Å²) in [6.07, 6.45) is 2.84. The van der Waals surface area contributed by atoms with Crippen LogP contribution in [0.5, 0.6) is 0 Å². The van der Waals surface area contributed by atoms with Gasteiger partial charge in [-0.05, 0) is 44.2 Å². The van der Waals surface area contributed by atoms with Gasteiger partial charge in [0.15, 0.2) is 0 Å². The van der Waals surface area contributed by atoms with Gasteiger partial charge < -0.3 is 19.4 Å². The molecular weight excluding hydrogens is 420 g/mol. The molecule has 9 heteroatoms. The number of nitro benzene ring substituents is 1. The van der Waals surface area contributed by atoms with Crippen molar-refractivity contribution in [3.8, 4) is 0 Å². The molecule has 1 aromatic rings. The van der Waals surface area contributed by atoms with Gasteiger partial charge in [-0.2, -0.15) is 0 Å². The quantitative estimate of drug-likeness (QED) is 0.465. The first-order valence-electron chi connectivity index (χ1n) is 11.1. The fourth-order valence-corrected chi connectivity index (χ4v) is 4.48. The van der Waals surface area contributed by atoms with Crippen LogP contribution in [0.15, 0.2) is 24.3 Å². The first-order valence-corrected chi connectivity index (χ1v) is 11.1. The number of benzene rings is 1. The minimum atomic E-state index is -0.336. The number of amides is 2. The number of morpholine rings is 1. The lowest BCUT2D eigenvalue weighted by atomic mass is 9.95. The van der Waals surface area contributed by atoms with Crippen molar-refractivity contribution in [3.63, 3.8) is 0 Å². The number of non-ortho nitro benzene ring substituents is 1. The number of urea groups is 1. The van der Waals surface area contributed by atoms with Crippen molar-refractivity contribution in [2.24, 2.45) is 5.92 Å². The standard InChI is InChI=1S/C22H34N4O4.ClH/c1-3-23(18(2)15-20-5-4-6-21(16-20)26(28)29)17-19-7-9-24(10-8-19)22(27)25-11-13-30-14-12-25;/h4-6,16,18-19H,3,7-15,17H2,1-2H3;1H/t18-;/m0./s1. The summed E-state index contributed by atoms with van der Waals surface area (Å²) in [4.78, 5) is 29.7. The van der Waals surface area contributed by atoms with E-state index in [-0.39, 0.29) is 29.0 Å². The molecule has 0 spiro atoms. The number of carbonyl (C=O) groups excluding carboxylic acids is 1. The molecule has 0 radical (unpaired) electrons. The topological polar surface area (TPSA) is 79.2 Å². The third kappa shape index (κ3) is 7.05. The molecule has 174 valence electrons. The van der Waals surface area contributed by atoms with Gasteiger partial charge in [-0.3, -0.25) is 10.1 Å². The summed E-state index contributed by atoms with van der Waals surface area (Å²) in [5, 5.41) is 11.0. The molecule has 1 aromatic carbocycles. The Morgan fingerprint density at radius 3 is 2.48 bits per heavy atom. The second-order valence-electron chi connectivity index (χ2n) is 8.38. The smallest absolute Gasteiger partial charge is 0.320 e. The number of carbonyl (C=O) groups is 1. The van der Waals surface area contributed by atoms with Gasteiger partial charge in [0.1, 0.15) is 0 Å². The van der Waals surface area contributed by atoms with Gasteiger partial charge >= 0.3 is 6.03 Å². The molecule has 0 aromatic heterocycles. The molecule has 2 aliphatic heterocycles. The van der Waals surface area contributed by atoms with Gasteiger partial charge in [0.2, 0.25) is 0 Å². The van der Waals surface area contributed by atoms with Crippen LogP contribution in [0.4, 0.5) is 10.5 Å². The van der Waals surface area contributed by atoms with Gasteiger partial charge in [0.05, 0.1) is 18.1 Å². The zero-order valence-electron chi connectivity index (χ0n) is 18.6. The number of likely N-dealkylation sites (N-methyl/N-ethyl adjacent to an activating group) is 1. The van der Waals surface area contributed by atoms with Gasteiger partial charge in [0, 0.05) is 50.9 Å². The van der Waals surface area contributed by atoms with Crippen molar-refractivity contribution in [1.82, 2.24) is 14.7 Å². The Morgan fingerprint density at radius 1 is 1.23 bits per heavy atom. The van der Waals surface area contributed by atoms with Gasteiger partial charge in [0.25, 0.3) is 5.69 Å². The summed E-state index contributed by atoms with van der Waals surface area (Å²) < 4.78 is 5.34. The van der Waals surface area contributed by atoms with Crippen LogP contribution in [-0.4, -0.2) is 84.2 Å². The zero-order chi connectivity index (χ0) is 21.5. The van der Waals surface area contributed by atoms with E-state index in [2.05, 4.69) is 18.7 Å². The Kier molecular flexibility index (Phi) is 9.99. The van der Waals surface area contributed by atoms with E-state index >= 15 is 0 Å². The van der Waals surface area contributed by atoms with Crippen LogP contribution < -0.4 is 0 Å². The predicted molar refractivity (Wildman–Crippen MR) is 123 cm³/mol. The molecule has 0 N–H and O–H groups in total. The molecule has 2 saturated heterocycles. The minimum Gasteiger partial charge on any atom is -0.378 e.